The molecule has 9 heteroatoms. The molecule has 0 unspecified atom stereocenters. The third kappa shape index (κ3) is 4.10. The highest BCUT2D eigenvalue weighted by atomic mass is 79.9. The number of H-pyrrole nitrogens is 1. The lowest BCUT2D eigenvalue weighted by molar-refractivity contribution is 0.0593. The second-order valence-electron chi connectivity index (χ2n) is 5.57. The molecule has 2 aromatic rings. The van der Waals surface area contributed by atoms with Crippen LogP contribution in [0.4, 0.5) is 0 Å². The summed E-state index contributed by atoms with van der Waals surface area (Å²) in [5.74, 6) is -2.02. The molecule has 0 saturated carbocycles. The normalized spacial score (nSPS) is 10.5. The zero-order valence-electron chi connectivity index (χ0n) is 14.6. The van der Waals surface area contributed by atoms with Crippen LogP contribution in [0.2, 0.25) is 0 Å². The van der Waals surface area contributed by atoms with Gasteiger partial charge in [0.15, 0.2) is 5.69 Å². The second kappa shape index (κ2) is 8.13. The van der Waals surface area contributed by atoms with E-state index in [9.17, 15) is 14.4 Å². The fraction of sp³-hybridized carbons (Fsp3) is 0.294. The number of nitrogens with zero attached hydrogens (tertiary/aromatic N) is 1. The summed E-state index contributed by atoms with van der Waals surface area (Å²) in [4.78, 5) is 36.0. The van der Waals surface area contributed by atoms with Crippen LogP contribution in [0, 0.1) is 0 Å². The minimum atomic E-state index is -0.752. The predicted molar refractivity (Wildman–Crippen MR) is 94.5 cm³/mol. The number of ether oxygens (including phenoxy) is 3. The highest BCUT2D eigenvalue weighted by molar-refractivity contribution is 9.10. The Bertz CT molecular complexity index is 825. The molecule has 0 fully saturated rings. The van der Waals surface area contributed by atoms with Crippen LogP contribution in [-0.4, -0.2) is 42.3 Å². The Labute approximate surface area is 157 Å². The van der Waals surface area contributed by atoms with E-state index < -0.39 is 17.9 Å². The monoisotopic (exact) mass is 424 g/mol. The first-order valence-electron chi connectivity index (χ1n) is 7.56. The number of nitrogens with one attached hydrogen (secondary N) is 1. The van der Waals surface area contributed by atoms with Gasteiger partial charge in [0, 0.05) is 0 Å². The zero-order chi connectivity index (χ0) is 19.4. The summed E-state index contributed by atoms with van der Waals surface area (Å²) in [7, 11) is 2.40. The van der Waals surface area contributed by atoms with E-state index in [0.29, 0.717) is 4.47 Å². The topological polar surface area (TPSA) is 108 Å². The Balaban J connectivity index is 2.37. The zero-order valence-corrected chi connectivity index (χ0v) is 16.2. The maximum Gasteiger partial charge on any atom is 0.365 e. The summed E-state index contributed by atoms with van der Waals surface area (Å²) >= 11 is 3.32. The molecule has 0 amide bonds. The predicted octanol–water partition coefficient (Wildman–Crippen LogP) is 3.09. The number of aromatic amines is 1. The molecule has 0 spiro atoms. The van der Waals surface area contributed by atoms with Crippen LogP contribution in [0.15, 0.2) is 22.7 Å². The summed E-state index contributed by atoms with van der Waals surface area (Å²) in [6.45, 7) is 3.88. The van der Waals surface area contributed by atoms with E-state index in [2.05, 4.69) is 35.6 Å². The van der Waals surface area contributed by atoms with Gasteiger partial charge in [0.05, 0.1) is 35.5 Å². The van der Waals surface area contributed by atoms with Crippen molar-refractivity contribution in [3.63, 3.8) is 0 Å². The van der Waals surface area contributed by atoms with Gasteiger partial charge in [-0.3, -0.25) is 5.10 Å². The Kier molecular flexibility index (Phi) is 6.14. The van der Waals surface area contributed by atoms with E-state index in [-0.39, 0.29) is 28.5 Å². The summed E-state index contributed by atoms with van der Waals surface area (Å²) in [5.41, 5.74) is 0.886. The van der Waals surface area contributed by atoms with Crippen molar-refractivity contribution >= 4 is 33.8 Å². The number of hydrogen-bond acceptors (Lipinski definition) is 7. The minimum absolute atomic E-state index is 0.0145. The average Bonchev–Trinajstić information content (AvgIpc) is 3.01. The van der Waals surface area contributed by atoms with Gasteiger partial charge in [0.1, 0.15) is 5.75 Å². The Morgan fingerprint density at radius 2 is 1.54 bits per heavy atom. The Hall–Kier alpha value is -2.68. The smallest absolute Gasteiger partial charge is 0.365 e. The van der Waals surface area contributed by atoms with Crippen molar-refractivity contribution in [3.8, 4) is 5.75 Å². The molecular weight excluding hydrogens is 408 g/mol. The van der Waals surface area contributed by atoms with Gasteiger partial charge in [-0.15, -0.1) is 0 Å². The number of aromatic nitrogens is 2. The number of carbonyl (C=O) groups is 3. The van der Waals surface area contributed by atoms with Gasteiger partial charge in [-0.05, 0) is 40.0 Å². The Morgan fingerprint density at radius 1 is 1.00 bits per heavy atom. The average molecular weight is 425 g/mol. The van der Waals surface area contributed by atoms with E-state index in [1.807, 2.05) is 13.8 Å². The number of carbonyl (C=O) groups excluding carboxylic acids is 3. The second-order valence-corrected chi connectivity index (χ2v) is 6.37. The third-order valence-electron chi connectivity index (χ3n) is 3.46. The molecular formula is C17H17BrN2O6. The lowest BCUT2D eigenvalue weighted by Gasteiger charge is -2.08. The number of benzene rings is 1. The van der Waals surface area contributed by atoms with Gasteiger partial charge in [0.2, 0.25) is 0 Å². The van der Waals surface area contributed by atoms with Gasteiger partial charge < -0.3 is 14.2 Å². The molecule has 0 aliphatic carbocycles. The van der Waals surface area contributed by atoms with Crippen LogP contribution in [-0.2, 0) is 9.47 Å². The lowest BCUT2D eigenvalue weighted by Crippen LogP contribution is -2.12. The van der Waals surface area contributed by atoms with Crippen LogP contribution >= 0.6 is 15.9 Å². The first kappa shape index (κ1) is 19.6. The molecule has 1 heterocycles. The van der Waals surface area contributed by atoms with Crippen molar-refractivity contribution in [2.75, 3.05) is 14.2 Å². The van der Waals surface area contributed by atoms with Crippen molar-refractivity contribution in [2.45, 2.75) is 19.8 Å². The molecule has 138 valence electrons. The molecule has 0 bridgehead atoms. The quantitative estimate of drug-likeness (QED) is 0.580. The molecule has 1 aromatic carbocycles. The van der Waals surface area contributed by atoms with E-state index in [0.717, 1.165) is 5.69 Å². The van der Waals surface area contributed by atoms with Crippen LogP contribution in [0.25, 0.3) is 0 Å². The maximum atomic E-state index is 12.4. The van der Waals surface area contributed by atoms with Crippen molar-refractivity contribution in [1.82, 2.24) is 10.2 Å². The summed E-state index contributed by atoms with van der Waals surface area (Å²) in [5, 5.41) is 6.72. The van der Waals surface area contributed by atoms with Crippen molar-refractivity contribution in [2.24, 2.45) is 0 Å². The summed E-state index contributed by atoms with van der Waals surface area (Å²) < 4.78 is 15.1. The molecule has 1 aromatic heterocycles. The third-order valence-corrected chi connectivity index (χ3v) is 4.27. The maximum absolute atomic E-state index is 12.4. The van der Waals surface area contributed by atoms with Crippen LogP contribution < -0.4 is 4.74 Å². The summed E-state index contributed by atoms with van der Waals surface area (Å²) in [6, 6.07) is 3.87. The van der Waals surface area contributed by atoms with E-state index in [1.165, 1.54) is 32.4 Å². The minimum Gasteiger partial charge on any atom is -0.465 e. The highest BCUT2D eigenvalue weighted by Crippen LogP contribution is 2.27. The molecule has 0 aliphatic rings. The molecule has 2 rings (SSSR count). The van der Waals surface area contributed by atoms with Gasteiger partial charge in [-0.25, -0.2) is 14.4 Å². The van der Waals surface area contributed by atoms with Gasteiger partial charge in [-0.1, -0.05) is 13.8 Å². The van der Waals surface area contributed by atoms with Crippen LogP contribution in [0.5, 0.6) is 5.75 Å². The van der Waals surface area contributed by atoms with Crippen molar-refractivity contribution in [3.05, 3.63) is 45.2 Å². The number of rotatable bonds is 5. The first-order valence-corrected chi connectivity index (χ1v) is 8.35. The molecule has 26 heavy (non-hydrogen) atoms. The van der Waals surface area contributed by atoms with Crippen molar-refractivity contribution in [1.29, 1.82) is 0 Å². The fourth-order valence-electron chi connectivity index (χ4n) is 2.14. The lowest BCUT2D eigenvalue weighted by atomic mass is 10.1. The van der Waals surface area contributed by atoms with Crippen LogP contribution in [0.3, 0.4) is 0 Å². The number of halogens is 1. The van der Waals surface area contributed by atoms with E-state index >= 15 is 0 Å². The molecule has 0 radical (unpaired) electrons. The Morgan fingerprint density at radius 3 is 1.96 bits per heavy atom. The molecule has 0 aliphatic heterocycles. The molecule has 8 nitrogen and oxygen atoms in total. The largest absolute Gasteiger partial charge is 0.465 e. The summed E-state index contributed by atoms with van der Waals surface area (Å²) in [6.07, 6.45) is 0. The molecule has 1 N–H and O–H groups in total. The SMILES string of the molecule is COC(=O)c1cc(OC(=O)c2n[nH]c(C(C)C)c2Br)cc(C(=O)OC)c1. The van der Waals surface area contributed by atoms with E-state index in [1.54, 1.807) is 0 Å². The highest BCUT2D eigenvalue weighted by Gasteiger charge is 2.22. The molecule has 0 saturated heterocycles. The number of esters is 3. The van der Waals surface area contributed by atoms with Crippen molar-refractivity contribution < 1.29 is 28.6 Å². The van der Waals surface area contributed by atoms with Gasteiger partial charge >= 0.3 is 17.9 Å². The number of hydrogen-bond donors (Lipinski definition) is 1. The first-order chi connectivity index (χ1) is 12.3. The van der Waals surface area contributed by atoms with Gasteiger partial charge in [-0.2, -0.15) is 5.10 Å². The standard InChI is InChI=1S/C17H17BrN2O6/c1-8(2)13-12(18)14(20-19-13)17(23)26-11-6-9(15(21)24-3)5-10(7-11)16(22)25-4/h5-8H,1-4H3,(H,19,20). The number of methoxy groups -OCH3 is 2. The molecule has 0 atom stereocenters. The fourth-order valence-corrected chi connectivity index (χ4v) is 2.94. The van der Waals surface area contributed by atoms with E-state index in [4.69, 9.17) is 4.74 Å². The van der Waals surface area contributed by atoms with Gasteiger partial charge in [0.25, 0.3) is 0 Å². The van der Waals surface area contributed by atoms with Crippen LogP contribution in [0.1, 0.15) is 56.7 Å².